The second kappa shape index (κ2) is 7.51. The van der Waals surface area contributed by atoms with Crippen molar-refractivity contribution < 1.29 is 0 Å². The lowest BCUT2D eigenvalue weighted by Gasteiger charge is -2.36. The summed E-state index contributed by atoms with van der Waals surface area (Å²) >= 11 is 0. The lowest BCUT2D eigenvalue weighted by atomic mass is 10.2. The zero-order valence-corrected chi connectivity index (χ0v) is 17.5. The van der Waals surface area contributed by atoms with Crippen molar-refractivity contribution in [2.24, 2.45) is 14.1 Å². The van der Waals surface area contributed by atoms with Crippen molar-refractivity contribution in [2.45, 2.75) is 26.4 Å². The topological polar surface area (TPSA) is 68.3 Å². The number of anilines is 1. The van der Waals surface area contributed by atoms with Crippen LogP contribution in [0.15, 0.2) is 39.9 Å². The summed E-state index contributed by atoms with van der Waals surface area (Å²) in [5.74, 6) is 0.835. The van der Waals surface area contributed by atoms with Crippen molar-refractivity contribution in [2.75, 3.05) is 31.1 Å². The van der Waals surface area contributed by atoms with Gasteiger partial charge in [-0.2, -0.15) is 0 Å². The maximum Gasteiger partial charge on any atom is 0.332 e. The summed E-state index contributed by atoms with van der Waals surface area (Å²) in [6.45, 7) is 8.50. The maximum atomic E-state index is 12.8. The Morgan fingerprint density at radius 3 is 2.24 bits per heavy atom. The molecule has 0 unspecified atom stereocenters. The van der Waals surface area contributed by atoms with E-state index in [1.807, 2.05) is 24.5 Å². The highest BCUT2D eigenvalue weighted by Crippen LogP contribution is 2.20. The molecule has 0 N–H and O–H groups in total. The molecule has 8 heteroatoms. The van der Waals surface area contributed by atoms with Gasteiger partial charge >= 0.3 is 5.69 Å². The van der Waals surface area contributed by atoms with E-state index in [1.165, 1.54) is 17.3 Å². The molecule has 1 aliphatic heterocycles. The Balaban J connectivity index is 1.63. The molecular weight excluding hydrogens is 368 g/mol. The number of hydrogen-bond acceptors (Lipinski definition) is 5. The van der Waals surface area contributed by atoms with Gasteiger partial charge in [-0.15, -0.1) is 0 Å². The van der Waals surface area contributed by atoms with Crippen molar-refractivity contribution in [3.8, 4) is 0 Å². The first kappa shape index (κ1) is 19.4. The Kier molecular flexibility index (Phi) is 5.04. The first-order valence-corrected chi connectivity index (χ1v) is 10.1. The highest BCUT2D eigenvalue weighted by Gasteiger charge is 2.24. The van der Waals surface area contributed by atoms with Gasteiger partial charge in [0.2, 0.25) is 0 Å². The third-order valence-electron chi connectivity index (χ3n) is 5.74. The lowest BCUT2D eigenvalue weighted by Crippen LogP contribution is -2.46. The first-order chi connectivity index (χ1) is 13.9. The number of aromatic nitrogens is 4. The van der Waals surface area contributed by atoms with E-state index in [0.717, 1.165) is 36.6 Å². The summed E-state index contributed by atoms with van der Waals surface area (Å²) in [4.78, 5) is 34.6. The number of nitrogens with zero attached hydrogens (tertiary/aromatic N) is 6. The molecule has 1 aromatic carbocycles. The molecule has 3 heterocycles. The SMILES string of the molecule is CC(C)n1c(CN2CCN(c3ccccc3)CC2)nc2c1c(=O)n(C)c(=O)n2C. The third kappa shape index (κ3) is 3.37. The predicted molar refractivity (Wildman–Crippen MR) is 115 cm³/mol. The Hall–Kier alpha value is -2.87. The number of para-hydroxylation sites is 1. The lowest BCUT2D eigenvalue weighted by molar-refractivity contribution is 0.240. The molecule has 2 aromatic heterocycles. The molecule has 1 fully saturated rings. The van der Waals surface area contributed by atoms with Gasteiger partial charge in [0, 0.05) is 52.0 Å². The summed E-state index contributed by atoms with van der Waals surface area (Å²) in [6.07, 6.45) is 0. The van der Waals surface area contributed by atoms with Crippen LogP contribution in [0.4, 0.5) is 5.69 Å². The number of hydrogen-bond donors (Lipinski definition) is 0. The van der Waals surface area contributed by atoms with Crippen LogP contribution >= 0.6 is 0 Å². The highest BCUT2D eigenvalue weighted by atomic mass is 16.2. The summed E-state index contributed by atoms with van der Waals surface area (Å²) in [5, 5.41) is 0. The van der Waals surface area contributed by atoms with E-state index in [-0.39, 0.29) is 17.3 Å². The van der Waals surface area contributed by atoms with Gasteiger partial charge in [-0.05, 0) is 26.0 Å². The van der Waals surface area contributed by atoms with Crippen LogP contribution in [0.2, 0.25) is 0 Å². The van der Waals surface area contributed by atoms with E-state index in [0.29, 0.717) is 17.7 Å². The zero-order valence-electron chi connectivity index (χ0n) is 17.5. The van der Waals surface area contributed by atoms with Crippen LogP contribution in [0.25, 0.3) is 11.2 Å². The summed E-state index contributed by atoms with van der Waals surface area (Å²) < 4.78 is 4.61. The number of aryl methyl sites for hydroxylation is 1. The molecule has 0 saturated carbocycles. The van der Waals surface area contributed by atoms with Crippen LogP contribution in [0, 0.1) is 0 Å². The van der Waals surface area contributed by atoms with E-state index in [9.17, 15) is 9.59 Å². The Labute approximate surface area is 169 Å². The fourth-order valence-electron chi connectivity index (χ4n) is 4.13. The Morgan fingerprint density at radius 2 is 1.62 bits per heavy atom. The quantitative estimate of drug-likeness (QED) is 0.666. The van der Waals surface area contributed by atoms with E-state index < -0.39 is 0 Å². The molecule has 0 atom stereocenters. The second-order valence-electron chi connectivity index (χ2n) is 7.97. The molecule has 0 spiro atoms. The smallest absolute Gasteiger partial charge is 0.332 e. The molecular formula is C21H28N6O2. The number of fused-ring (bicyclic) bond motifs is 1. The summed E-state index contributed by atoms with van der Waals surface area (Å²) in [5.41, 5.74) is 1.58. The van der Waals surface area contributed by atoms with Gasteiger partial charge in [0.25, 0.3) is 5.56 Å². The predicted octanol–water partition coefficient (Wildman–Crippen LogP) is 1.34. The number of piperazine rings is 1. The molecule has 4 rings (SSSR count). The number of rotatable bonds is 4. The molecule has 154 valence electrons. The molecule has 29 heavy (non-hydrogen) atoms. The normalized spacial score (nSPS) is 15.6. The van der Waals surface area contributed by atoms with Gasteiger partial charge < -0.3 is 9.47 Å². The molecule has 0 bridgehead atoms. The summed E-state index contributed by atoms with van der Waals surface area (Å²) in [7, 11) is 3.19. The van der Waals surface area contributed by atoms with E-state index in [4.69, 9.17) is 4.98 Å². The van der Waals surface area contributed by atoms with Gasteiger partial charge in [-0.25, -0.2) is 9.78 Å². The van der Waals surface area contributed by atoms with Crippen LogP contribution in [0.1, 0.15) is 25.7 Å². The standard InChI is InChI=1S/C21H28N6O2/c1-15(2)27-17(22-19-18(27)20(28)24(4)21(29)23(19)3)14-25-10-12-26(13-11-25)16-8-6-5-7-9-16/h5-9,15H,10-14H2,1-4H3. The van der Waals surface area contributed by atoms with Gasteiger partial charge in [-0.1, -0.05) is 18.2 Å². The minimum absolute atomic E-state index is 0.0748. The molecule has 0 amide bonds. The van der Waals surface area contributed by atoms with E-state index >= 15 is 0 Å². The summed E-state index contributed by atoms with van der Waals surface area (Å²) in [6, 6.07) is 10.5. The van der Waals surface area contributed by atoms with Crippen LogP contribution < -0.4 is 16.1 Å². The van der Waals surface area contributed by atoms with Crippen molar-refractivity contribution in [1.29, 1.82) is 0 Å². The first-order valence-electron chi connectivity index (χ1n) is 10.1. The Bertz CT molecular complexity index is 1130. The Morgan fingerprint density at radius 1 is 0.966 bits per heavy atom. The van der Waals surface area contributed by atoms with Crippen molar-refractivity contribution in [3.05, 3.63) is 57.0 Å². The zero-order chi connectivity index (χ0) is 20.7. The largest absolute Gasteiger partial charge is 0.369 e. The van der Waals surface area contributed by atoms with Crippen LogP contribution in [-0.2, 0) is 20.6 Å². The minimum atomic E-state index is -0.348. The highest BCUT2D eigenvalue weighted by molar-refractivity contribution is 5.71. The van der Waals surface area contributed by atoms with Gasteiger partial charge in [0.1, 0.15) is 5.82 Å². The second-order valence-corrected chi connectivity index (χ2v) is 7.97. The van der Waals surface area contributed by atoms with Gasteiger partial charge in [-0.3, -0.25) is 18.8 Å². The van der Waals surface area contributed by atoms with Crippen molar-refractivity contribution >= 4 is 16.9 Å². The van der Waals surface area contributed by atoms with Crippen LogP contribution in [0.5, 0.6) is 0 Å². The van der Waals surface area contributed by atoms with Crippen molar-refractivity contribution in [1.82, 2.24) is 23.6 Å². The number of benzene rings is 1. The molecule has 8 nitrogen and oxygen atoms in total. The van der Waals surface area contributed by atoms with Gasteiger partial charge in [0.05, 0.1) is 6.54 Å². The van der Waals surface area contributed by atoms with E-state index in [1.54, 1.807) is 7.05 Å². The fraction of sp³-hybridized carbons (Fsp3) is 0.476. The fourth-order valence-corrected chi connectivity index (χ4v) is 4.13. The van der Waals surface area contributed by atoms with Crippen LogP contribution in [-0.4, -0.2) is 49.8 Å². The average molecular weight is 396 g/mol. The van der Waals surface area contributed by atoms with E-state index in [2.05, 4.69) is 34.1 Å². The third-order valence-corrected chi connectivity index (χ3v) is 5.74. The molecule has 0 radical (unpaired) electrons. The average Bonchev–Trinajstić information content (AvgIpc) is 3.11. The van der Waals surface area contributed by atoms with Gasteiger partial charge in [0.15, 0.2) is 11.2 Å². The molecule has 1 aliphatic rings. The minimum Gasteiger partial charge on any atom is -0.369 e. The van der Waals surface area contributed by atoms with Crippen molar-refractivity contribution in [3.63, 3.8) is 0 Å². The monoisotopic (exact) mass is 396 g/mol. The number of imidazole rings is 1. The molecule has 1 saturated heterocycles. The van der Waals surface area contributed by atoms with Crippen LogP contribution in [0.3, 0.4) is 0 Å². The molecule has 0 aliphatic carbocycles. The maximum absolute atomic E-state index is 12.8. The molecule has 3 aromatic rings.